The Hall–Kier alpha value is -0.900. The van der Waals surface area contributed by atoms with Gasteiger partial charge >= 0.3 is 0 Å². The van der Waals surface area contributed by atoms with Crippen LogP contribution in [-0.4, -0.2) is 10.1 Å². The first-order valence-corrected chi connectivity index (χ1v) is 7.22. The third kappa shape index (κ3) is 2.58. The summed E-state index contributed by atoms with van der Waals surface area (Å²) in [5.41, 5.74) is 5.87. The van der Waals surface area contributed by atoms with E-state index in [0.717, 1.165) is 24.7 Å². The summed E-state index contributed by atoms with van der Waals surface area (Å²) >= 11 is 0. The van der Waals surface area contributed by atoms with Crippen molar-refractivity contribution >= 4 is 0 Å². The maximum atomic E-state index is 6.30. The van der Waals surface area contributed by atoms with Gasteiger partial charge in [-0.05, 0) is 44.4 Å². The predicted molar refractivity (Wildman–Crippen MR) is 71.1 cm³/mol. The number of hydrogen-bond donors (Lipinski definition) is 1. The minimum absolute atomic E-state index is 0.427. The van der Waals surface area contributed by atoms with Gasteiger partial charge in [0, 0.05) is 5.92 Å². The first kappa shape index (κ1) is 13.5. The fourth-order valence-corrected chi connectivity index (χ4v) is 2.68. The molecule has 0 bridgehead atoms. The predicted octanol–water partition coefficient (Wildman–Crippen LogP) is 3.34. The molecule has 102 valence electrons. The summed E-state index contributed by atoms with van der Waals surface area (Å²) < 4.78 is 5.45. The molecule has 0 spiro atoms. The zero-order chi connectivity index (χ0) is 13.2. The molecule has 1 aliphatic rings. The summed E-state index contributed by atoms with van der Waals surface area (Å²) in [6.07, 6.45) is 6.53. The molecule has 1 heterocycles. The maximum Gasteiger partial charge on any atom is 0.229 e. The van der Waals surface area contributed by atoms with Crippen molar-refractivity contribution in [3.05, 3.63) is 11.7 Å². The average molecular weight is 251 g/mol. The first-order valence-electron chi connectivity index (χ1n) is 7.22. The SMILES string of the molecule is CCC(N)(CC)c1noc(C2CCC(C)CC2)n1. The van der Waals surface area contributed by atoms with Crippen molar-refractivity contribution in [3.63, 3.8) is 0 Å². The van der Waals surface area contributed by atoms with Gasteiger partial charge in [-0.2, -0.15) is 4.98 Å². The molecule has 1 aliphatic carbocycles. The highest BCUT2D eigenvalue weighted by Gasteiger charge is 2.31. The van der Waals surface area contributed by atoms with Crippen molar-refractivity contribution in [2.45, 2.75) is 70.8 Å². The van der Waals surface area contributed by atoms with Gasteiger partial charge in [0.1, 0.15) is 0 Å². The second-order valence-electron chi connectivity index (χ2n) is 5.78. The van der Waals surface area contributed by atoms with Gasteiger partial charge in [-0.15, -0.1) is 0 Å². The van der Waals surface area contributed by atoms with Crippen LogP contribution in [0.15, 0.2) is 4.52 Å². The van der Waals surface area contributed by atoms with E-state index in [9.17, 15) is 0 Å². The minimum atomic E-state index is -0.427. The van der Waals surface area contributed by atoms with E-state index in [0.29, 0.717) is 11.7 Å². The lowest BCUT2D eigenvalue weighted by Gasteiger charge is -2.23. The van der Waals surface area contributed by atoms with Crippen molar-refractivity contribution in [2.24, 2.45) is 11.7 Å². The number of aromatic nitrogens is 2. The highest BCUT2D eigenvalue weighted by Crippen LogP contribution is 2.35. The average Bonchev–Trinajstić information content (AvgIpc) is 2.89. The Labute approximate surface area is 109 Å². The summed E-state index contributed by atoms with van der Waals surface area (Å²) in [4.78, 5) is 4.57. The molecule has 18 heavy (non-hydrogen) atoms. The molecular weight excluding hydrogens is 226 g/mol. The molecule has 0 atom stereocenters. The third-order valence-corrected chi connectivity index (χ3v) is 4.51. The molecule has 0 aliphatic heterocycles. The number of rotatable bonds is 4. The molecule has 1 saturated carbocycles. The number of nitrogens with two attached hydrogens (primary N) is 1. The van der Waals surface area contributed by atoms with Crippen LogP contribution in [0, 0.1) is 5.92 Å². The van der Waals surface area contributed by atoms with Crippen LogP contribution in [0.2, 0.25) is 0 Å². The zero-order valence-electron chi connectivity index (χ0n) is 11.8. The van der Waals surface area contributed by atoms with Crippen LogP contribution in [0.5, 0.6) is 0 Å². The molecular formula is C14H25N3O. The van der Waals surface area contributed by atoms with Crippen LogP contribution >= 0.6 is 0 Å². The largest absolute Gasteiger partial charge is 0.339 e. The summed E-state index contributed by atoms with van der Waals surface area (Å²) in [5, 5.41) is 4.11. The molecule has 4 heteroatoms. The van der Waals surface area contributed by atoms with Gasteiger partial charge in [-0.25, -0.2) is 0 Å². The third-order valence-electron chi connectivity index (χ3n) is 4.51. The molecule has 0 amide bonds. The van der Waals surface area contributed by atoms with Gasteiger partial charge in [-0.3, -0.25) is 0 Å². The highest BCUT2D eigenvalue weighted by molar-refractivity contribution is 5.05. The fraction of sp³-hybridized carbons (Fsp3) is 0.857. The van der Waals surface area contributed by atoms with E-state index in [1.807, 2.05) is 0 Å². The number of nitrogens with zero attached hydrogens (tertiary/aromatic N) is 2. The van der Waals surface area contributed by atoms with Gasteiger partial charge in [0.15, 0.2) is 5.82 Å². The van der Waals surface area contributed by atoms with E-state index in [1.54, 1.807) is 0 Å². The highest BCUT2D eigenvalue weighted by atomic mass is 16.5. The van der Waals surface area contributed by atoms with Crippen molar-refractivity contribution in [3.8, 4) is 0 Å². The van der Waals surface area contributed by atoms with Crippen LogP contribution in [0.4, 0.5) is 0 Å². The number of hydrogen-bond acceptors (Lipinski definition) is 4. The smallest absolute Gasteiger partial charge is 0.229 e. The summed E-state index contributed by atoms with van der Waals surface area (Å²) in [7, 11) is 0. The summed E-state index contributed by atoms with van der Waals surface area (Å²) in [5.74, 6) is 2.76. The van der Waals surface area contributed by atoms with E-state index in [1.165, 1.54) is 25.7 Å². The van der Waals surface area contributed by atoms with Gasteiger partial charge in [0.05, 0.1) is 5.54 Å². The van der Waals surface area contributed by atoms with Crippen LogP contribution in [0.25, 0.3) is 0 Å². The Bertz CT molecular complexity index is 376. The molecule has 0 unspecified atom stereocenters. The van der Waals surface area contributed by atoms with Gasteiger partial charge < -0.3 is 10.3 Å². The van der Waals surface area contributed by atoms with Crippen LogP contribution in [-0.2, 0) is 5.54 Å². The molecule has 1 fully saturated rings. The van der Waals surface area contributed by atoms with Gasteiger partial charge in [0.25, 0.3) is 0 Å². The van der Waals surface area contributed by atoms with Crippen molar-refractivity contribution in [2.75, 3.05) is 0 Å². The van der Waals surface area contributed by atoms with E-state index < -0.39 is 5.54 Å². The zero-order valence-corrected chi connectivity index (χ0v) is 11.8. The van der Waals surface area contributed by atoms with Crippen molar-refractivity contribution < 1.29 is 4.52 Å². The van der Waals surface area contributed by atoms with E-state index in [4.69, 9.17) is 10.3 Å². The molecule has 4 nitrogen and oxygen atoms in total. The quantitative estimate of drug-likeness (QED) is 0.891. The van der Waals surface area contributed by atoms with E-state index in [-0.39, 0.29) is 0 Å². The first-order chi connectivity index (χ1) is 8.59. The summed E-state index contributed by atoms with van der Waals surface area (Å²) in [6.45, 7) is 6.46. The Morgan fingerprint density at radius 3 is 2.39 bits per heavy atom. The molecule has 1 aromatic rings. The Balaban J connectivity index is 2.10. The Morgan fingerprint density at radius 2 is 1.83 bits per heavy atom. The molecule has 0 radical (unpaired) electrons. The van der Waals surface area contributed by atoms with E-state index >= 15 is 0 Å². The van der Waals surface area contributed by atoms with Crippen LogP contribution in [0.1, 0.15) is 76.9 Å². The minimum Gasteiger partial charge on any atom is -0.339 e. The van der Waals surface area contributed by atoms with Gasteiger partial charge in [0.2, 0.25) is 5.89 Å². The lowest BCUT2D eigenvalue weighted by Crippen LogP contribution is -2.36. The maximum absolute atomic E-state index is 6.30. The van der Waals surface area contributed by atoms with Gasteiger partial charge in [-0.1, -0.05) is 25.9 Å². The molecule has 2 N–H and O–H groups in total. The second-order valence-corrected chi connectivity index (χ2v) is 5.78. The normalized spacial score (nSPS) is 25.3. The molecule has 1 aromatic heterocycles. The van der Waals surface area contributed by atoms with Crippen molar-refractivity contribution in [1.29, 1.82) is 0 Å². The second kappa shape index (κ2) is 5.39. The lowest BCUT2D eigenvalue weighted by molar-refractivity contribution is 0.277. The Kier molecular flexibility index (Phi) is 4.05. The standard InChI is InChI=1S/C14H25N3O/c1-4-14(15,5-2)13-16-12(18-17-13)11-8-6-10(3)7-9-11/h10-11H,4-9,15H2,1-3H3. The Morgan fingerprint density at radius 1 is 1.22 bits per heavy atom. The topological polar surface area (TPSA) is 64.9 Å². The van der Waals surface area contributed by atoms with E-state index in [2.05, 4.69) is 30.9 Å². The molecule has 0 aromatic carbocycles. The lowest BCUT2D eigenvalue weighted by atomic mass is 9.83. The summed E-state index contributed by atoms with van der Waals surface area (Å²) in [6, 6.07) is 0. The molecule has 2 rings (SSSR count). The fourth-order valence-electron chi connectivity index (χ4n) is 2.68. The molecule has 0 saturated heterocycles. The monoisotopic (exact) mass is 251 g/mol. The van der Waals surface area contributed by atoms with Crippen LogP contribution in [0.3, 0.4) is 0 Å². The van der Waals surface area contributed by atoms with Crippen LogP contribution < -0.4 is 5.73 Å². The van der Waals surface area contributed by atoms with Crippen molar-refractivity contribution in [1.82, 2.24) is 10.1 Å².